The summed E-state index contributed by atoms with van der Waals surface area (Å²) >= 11 is 0. The molecule has 1 unspecified atom stereocenters. The summed E-state index contributed by atoms with van der Waals surface area (Å²) in [5.41, 5.74) is 0.402. The van der Waals surface area contributed by atoms with Crippen LogP contribution in [0, 0.1) is 0 Å². The Balaban J connectivity index is 2.00. The second-order valence-corrected chi connectivity index (χ2v) is 6.39. The summed E-state index contributed by atoms with van der Waals surface area (Å²) < 4.78 is 33.1. The first kappa shape index (κ1) is 15.1. The fourth-order valence-electron chi connectivity index (χ4n) is 2.04. The molecule has 7 nitrogen and oxygen atoms in total. The topological polar surface area (TPSA) is 87.5 Å². The van der Waals surface area contributed by atoms with Crippen molar-refractivity contribution in [2.75, 3.05) is 19.5 Å². The van der Waals surface area contributed by atoms with Crippen LogP contribution in [0.5, 0.6) is 0 Å². The van der Waals surface area contributed by atoms with Gasteiger partial charge in [-0.05, 0) is 31.2 Å². The predicted molar refractivity (Wildman–Crippen MR) is 71.8 cm³/mol. The molecule has 112 valence electrons. The highest BCUT2D eigenvalue weighted by molar-refractivity contribution is 7.85. The monoisotopic (exact) mass is 302 g/mol. The van der Waals surface area contributed by atoms with E-state index in [1.807, 2.05) is 0 Å². The second kappa shape index (κ2) is 6.47. The highest BCUT2D eigenvalue weighted by Gasteiger charge is 2.17. The van der Waals surface area contributed by atoms with E-state index in [0.29, 0.717) is 18.6 Å². The van der Waals surface area contributed by atoms with Crippen molar-refractivity contribution in [2.24, 2.45) is 0 Å². The molecule has 0 radical (unpaired) electrons. The molecular weight excluding hydrogens is 284 g/mol. The second-order valence-electron chi connectivity index (χ2n) is 4.74. The minimum Gasteiger partial charge on any atom is -0.356 e. The quantitative estimate of drug-likeness (QED) is 0.734. The maximum Gasteiger partial charge on any atom is 0.269 e. The lowest BCUT2D eigenvalue weighted by molar-refractivity contribution is -0.0425. The molecule has 0 aromatic carbocycles. The van der Waals surface area contributed by atoms with Crippen LogP contribution in [0.2, 0.25) is 0 Å². The number of hydrogen-bond donors (Lipinski definition) is 0. The summed E-state index contributed by atoms with van der Waals surface area (Å²) in [6.45, 7) is 0.645. The van der Waals surface area contributed by atoms with E-state index in [-0.39, 0.29) is 18.4 Å². The largest absolute Gasteiger partial charge is 0.356 e. The lowest BCUT2D eigenvalue weighted by Gasteiger charge is -2.23. The third-order valence-electron chi connectivity index (χ3n) is 3.00. The van der Waals surface area contributed by atoms with E-state index in [1.54, 1.807) is 6.20 Å². The Bertz CT molecular complexity index is 605. The van der Waals surface area contributed by atoms with Gasteiger partial charge in [-0.25, -0.2) is 4.68 Å². The zero-order valence-corrected chi connectivity index (χ0v) is 12.1. The molecule has 0 bridgehead atoms. The molecule has 8 heteroatoms. The van der Waals surface area contributed by atoms with Gasteiger partial charge in [0.15, 0.2) is 6.23 Å². The van der Waals surface area contributed by atoms with Gasteiger partial charge >= 0.3 is 0 Å². The fourth-order valence-corrected chi connectivity index (χ4v) is 2.42. The maximum atomic E-state index is 12.0. The van der Waals surface area contributed by atoms with E-state index >= 15 is 0 Å². The van der Waals surface area contributed by atoms with E-state index in [4.69, 9.17) is 4.74 Å². The Morgan fingerprint density at radius 3 is 2.90 bits per heavy atom. The van der Waals surface area contributed by atoms with E-state index in [2.05, 4.69) is 9.28 Å². The van der Waals surface area contributed by atoms with Crippen LogP contribution >= 0.6 is 0 Å². The molecule has 2 rings (SSSR count). The van der Waals surface area contributed by atoms with Gasteiger partial charge in [-0.1, -0.05) is 0 Å². The van der Waals surface area contributed by atoms with Crippen molar-refractivity contribution in [2.45, 2.75) is 31.9 Å². The SMILES string of the molecule is CS(=O)(=O)OCCc1cnn(C2CCCCO2)c(=O)c1. The minimum absolute atomic E-state index is 0.00386. The standard InChI is InChI=1S/C12H18N2O5S/c1-20(16,17)19-7-5-10-8-11(15)14(13-9-10)12-4-2-3-6-18-12/h8-9,12H,2-7H2,1H3. The Hall–Kier alpha value is -1.25. The molecule has 2 heterocycles. The molecule has 0 amide bonds. The highest BCUT2D eigenvalue weighted by Crippen LogP contribution is 2.19. The Morgan fingerprint density at radius 2 is 2.30 bits per heavy atom. The van der Waals surface area contributed by atoms with Gasteiger partial charge in [0.1, 0.15) is 0 Å². The summed E-state index contributed by atoms with van der Waals surface area (Å²) in [6.07, 6.45) is 5.37. The number of nitrogens with zero attached hydrogens (tertiary/aromatic N) is 2. The normalized spacial score (nSPS) is 19.9. The molecule has 0 aliphatic carbocycles. The van der Waals surface area contributed by atoms with E-state index in [1.165, 1.54) is 10.7 Å². The number of rotatable bonds is 5. The van der Waals surface area contributed by atoms with Crippen LogP contribution in [0.25, 0.3) is 0 Å². The van der Waals surface area contributed by atoms with Gasteiger partial charge in [-0.15, -0.1) is 0 Å². The van der Waals surface area contributed by atoms with Crippen molar-refractivity contribution < 1.29 is 17.3 Å². The summed E-state index contributed by atoms with van der Waals surface area (Å²) in [7, 11) is -3.45. The average molecular weight is 302 g/mol. The molecule has 0 N–H and O–H groups in total. The van der Waals surface area contributed by atoms with Crippen molar-refractivity contribution in [3.63, 3.8) is 0 Å². The maximum absolute atomic E-state index is 12.0. The summed E-state index contributed by atoms with van der Waals surface area (Å²) in [6, 6.07) is 1.44. The number of aromatic nitrogens is 2. The Kier molecular flexibility index (Phi) is 4.90. The fraction of sp³-hybridized carbons (Fsp3) is 0.667. The van der Waals surface area contributed by atoms with Crippen molar-refractivity contribution in [1.29, 1.82) is 0 Å². The van der Waals surface area contributed by atoms with Crippen LogP contribution < -0.4 is 5.56 Å². The van der Waals surface area contributed by atoms with Gasteiger partial charge in [-0.2, -0.15) is 13.5 Å². The third-order valence-corrected chi connectivity index (χ3v) is 3.59. The Labute approximate surface area is 117 Å². The molecule has 1 atom stereocenters. The summed E-state index contributed by atoms with van der Waals surface area (Å²) in [4.78, 5) is 12.0. The predicted octanol–water partition coefficient (Wildman–Crippen LogP) is 0.461. The number of hydrogen-bond acceptors (Lipinski definition) is 6. The molecule has 0 spiro atoms. The van der Waals surface area contributed by atoms with Gasteiger partial charge in [0.2, 0.25) is 0 Å². The van der Waals surface area contributed by atoms with Crippen molar-refractivity contribution >= 4 is 10.1 Å². The van der Waals surface area contributed by atoms with Crippen molar-refractivity contribution in [3.05, 3.63) is 28.2 Å². The van der Waals surface area contributed by atoms with E-state index < -0.39 is 10.1 Å². The summed E-state index contributed by atoms with van der Waals surface area (Å²) in [5.74, 6) is 0. The third kappa shape index (κ3) is 4.39. The molecule has 0 saturated carbocycles. The molecule has 1 aliphatic rings. The van der Waals surface area contributed by atoms with Gasteiger partial charge in [0.25, 0.3) is 15.7 Å². The van der Waals surface area contributed by atoms with Gasteiger partial charge < -0.3 is 4.74 Å². The van der Waals surface area contributed by atoms with Crippen LogP contribution in [-0.2, 0) is 25.5 Å². The zero-order chi connectivity index (χ0) is 14.6. The molecule has 1 aromatic heterocycles. The van der Waals surface area contributed by atoms with Crippen LogP contribution in [-0.4, -0.2) is 37.7 Å². The van der Waals surface area contributed by atoms with Crippen LogP contribution in [0.15, 0.2) is 17.1 Å². The van der Waals surface area contributed by atoms with Crippen molar-refractivity contribution in [3.8, 4) is 0 Å². The van der Waals surface area contributed by atoms with Crippen LogP contribution in [0.3, 0.4) is 0 Å². The zero-order valence-electron chi connectivity index (χ0n) is 11.3. The van der Waals surface area contributed by atoms with Gasteiger partial charge in [0, 0.05) is 12.7 Å². The first-order chi connectivity index (χ1) is 9.46. The van der Waals surface area contributed by atoms with Crippen LogP contribution in [0.4, 0.5) is 0 Å². The van der Waals surface area contributed by atoms with E-state index in [0.717, 1.165) is 25.5 Å². The van der Waals surface area contributed by atoms with E-state index in [9.17, 15) is 13.2 Å². The highest BCUT2D eigenvalue weighted by atomic mass is 32.2. The van der Waals surface area contributed by atoms with Crippen molar-refractivity contribution in [1.82, 2.24) is 9.78 Å². The summed E-state index contributed by atoms with van der Waals surface area (Å²) in [5, 5.41) is 4.09. The molecule has 1 saturated heterocycles. The lowest BCUT2D eigenvalue weighted by atomic mass is 10.2. The average Bonchev–Trinajstić information content (AvgIpc) is 2.38. The van der Waals surface area contributed by atoms with Crippen LogP contribution in [0.1, 0.15) is 31.1 Å². The molecule has 1 aromatic rings. The molecular formula is C12H18N2O5S. The molecule has 20 heavy (non-hydrogen) atoms. The number of ether oxygens (including phenoxy) is 1. The lowest BCUT2D eigenvalue weighted by Crippen LogP contribution is -2.30. The van der Waals surface area contributed by atoms with Gasteiger partial charge in [0.05, 0.1) is 19.1 Å². The van der Waals surface area contributed by atoms with Gasteiger partial charge in [-0.3, -0.25) is 8.98 Å². The molecule has 1 aliphatic heterocycles. The first-order valence-electron chi connectivity index (χ1n) is 6.49. The molecule has 1 fully saturated rings. The Morgan fingerprint density at radius 1 is 1.50 bits per heavy atom. The first-order valence-corrected chi connectivity index (χ1v) is 8.31. The smallest absolute Gasteiger partial charge is 0.269 e. The minimum atomic E-state index is -3.45.